The number of benzene rings is 2. The molecule has 0 saturated heterocycles. The van der Waals surface area contributed by atoms with Crippen molar-refractivity contribution in [3.8, 4) is 0 Å². The highest BCUT2D eigenvalue weighted by atomic mass is 16.4. The second-order valence-corrected chi connectivity index (χ2v) is 12.0. The van der Waals surface area contributed by atoms with Gasteiger partial charge in [-0.15, -0.1) is 10.6 Å². The number of aliphatic carboxylic acids is 1. The number of fused-ring (bicyclic) bond motifs is 1. The van der Waals surface area contributed by atoms with E-state index in [9.17, 15) is 9.90 Å². The average molecular weight is 531 g/mol. The van der Waals surface area contributed by atoms with Crippen molar-refractivity contribution in [2.45, 2.75) is 78.6 Å². The number of aromatic nitrogens is 3. The molecule has 1 fully saturated rings. The normalized spacial score (nSPS) is 17.7. The Balaban J connectivity index is 1.48. The lowest BCUT2D eigenvalue weighted by Gasteiger charge is -2.33. The number of allylic oxidation sites excluding steroid dienone is 1. The molecule has 1 saturated carbocycles. The first-order chi connectivity index (χ1) is 18.7. The van der Waals surface area contributed by atoms with E-state index in [2.05, 4.69) is 63.7 Å². The van der Waals surface area contributed by atoms with E-state index in [0.29, 0.717) is 5.92 Å². The molecule has 8 heteroatoms. The Hall–Kier alpha value is -3.39. The van der Waals surface area contributed by atoms with Crippen LogP contribution in [0.25, 0.3) is 11.0 Å². The van der Waals surface area contributed by atoms with Crippen LogP contribution in [-0.2, 0) is 18.3 Å². The molecule has 0 amide bonds. The van der Waals surface area contributed by atoms with E-state index in [1.165, 1.54) is 55.3 Å². The Bertz CT molecular complexity index is 1380. The van der Waals surface area contributed by atoms with Gasteiger partial charge in [-0.1, -0.05) is 55.2 Å². The molecule has 2 aromatic carbocycles. The Morgan fingerprint density at radius 2 is 1.87 bits per heavy atom. The minimum Gasteiger partial charge on any atom is -0.481 e. The molecule has 0 unspecified atom stereocenters. The zero-order valence-electron chi connectivity index (χ0n) is 23.9. The molecule has 1 aromatic heterocycles. The lowest BCUT2D eigenvalue weighted by molar-refractivity contribution is -0.147. The summed E-state index contributed by atoms with van der Waals surface area (Å²) in [5, 5.41) is 21.2. The lowest BCUT2D eigenvalue weighted by Crippen LogP contribution is -2.40. The standard InChI is InChI=1S/C31H42N6O2/c1-20-12-13-23(16-24(20)17-25-18-32-34-37(25)19-22-10-8-6-7-9-11-22)28(31(3,4)30(38)39)26-14-15-27-29(21(26)2)33-35-36(27)5/h12-16,18,22,28,32,34H,6-11,17,19H2,1-5H3,(H,38,39)/t28-/m1/s1. The Labute approximate surface area is 231 Å². The van der Waals surface area contributed by atoms with Gasteiger partial charge in [-0.25, -0.2) is 4.68 Å². The molecule has 0 bridgehead atoms. The van der Waals surface area contributed by atoms with Gasteiger partial charge in [0.25, 0.3) is 0 Å². The number of aryl methyl sites for hydroxylation is 3. The van der Waals surface area contributed by atoms with Crippen molar-refractivity contribution < 1.29 is 9.90 Å². The maximum atomic E-state index is 12.6. The zero-order valence-corrected chi connectivity index (χ0v) is 23.9. The summed E-state index contributed by atoms with van der Waals surface area (Å²) < 4.78 is 1.76. The minimum atomic E-state index is -1.03. The molecule has 1 atom stereocenters. The first kappa shape index (κ1) is 27.2. The predicted octanol–water partition coefficient (Wildman–Crippen LogP) is 5.51. The smallest absolute Gasteiger partial charge is 0.310 e. The molecule has 0 spiro atoms. The first-order valence-electron chi connectivity index (χ1n) is 14.3. The number of carboxylic acids is 1. The molecule has 2 aliphatic rings. The number of nitrogens with zero attached hydrogens (tertiary/aromatic N) is 4. The van der Waals surface area contributed by atoms with Crippen molar-refractivity contribution >= 4 is 17.0 Å². The maximum Gasteiger partial charge on any atom is 0.310 e. The predicted molar refractivity (Wildman–Crippen MR) is 154 cm³/mol. The average Bonchev–Trinajstić information content (AvgIpc) is 3.40. The minimum absolute atomic E-state index is 0.350. The second kappa shape index (κ2) is 11.0. The fourth-order valence-electron chi connectivity index (χ4n) is 6.38. The van der Waals surface area contributed by atoms with E-state index in [1.54, 1.807) is 4.68 Å². The van der Waals surface area contributed by atoms with Gasteiger partial charge in [0.2, 0.25) is 0 Å². The third-order valence-electron chi connectivity index (χ3n) is 8.94. The van der Waals surface area contributed by atoms with Gasteiger partial charge in [-0.2, -0.15) is 0 Å². The molecule has 1 aliphatic carbocycles. The number of carbonyl (C=O) groups is 1. The number of hydrogen-bond acceptors (Lipinski definition) is 6. The Morgan fingerprint density at radius 1 is 1.13 bits per heavy atom. The Morgan fingerprint density at radius 3 is 2.59 bits per heavy atom. The van der Waals surface area contributed by atoms with Crippen LogP contribution in [0.2, 0.25) is 0 Å². The summed E-state index contributed by atoms with van der Waals surface area (Å²) in [5.41, 5.74) is 13.9. The second-order valence-electron chi connectivity index (χ2n) is 12.0. The van der Waals surface area contributed by atoms with Crippen molar-refractivity contribution in [3.63, 3.8) is 0 Å². The van der Waals surface area contributed by atoms with E-state index in [4.69, 9.17) is 0 Å². The number of hydrogen-bond donors (Lipinski definition) is 3. The van der Waals surface area contributed by atoms with Crippen LogP contribution in [0.3, 0.4) is 0 Å². The fraction of sp³-hybridized carbons (Fsp3) is 0.516. The summed E-state index contributed by atoms with van der Waals surface area (Å²) in [6.45, 7) is 8.81. The van der Waals surface area contributed by atoms with Crippen LogP contribution in [0.4, 0.5) is 0 Å². The number of nitrogens with one attached hydrogen (secondary N) is 2. The molecule has 3 N–H and O–H groups in total. The lowest BCUT2D eigenvalue weighted by atomic mass is 9.69. The van der Waals surface area contributed by atoms with E-state index >= 15 is 0 Å². The highest BCUT2D eigenvalue weighted by Crippen LogP contribution is 2.44. The van der Waals surface area contributed by atoms with E-state index in [0.717, 1.165) is 40.7 Å². The van der Waals surface area contributed by atoms with Crippen molar-refractivity contribution in [3.05, 3.63) is 70.0 Å². The van der Waals surface area contributed by atoms with Gasteiger partial charge in [-0.3, -0.25) is 9.80 Å². The van der Waals surface area contributed by atoms with Crippen LogP contribution in [0.15, 0.2) is 42.2 Å². The van der Waals surface area contributed by atoms with Crippen LogP contribution in [0, 0.1) is 25.2 Å². The molecule has 2 heterocycles. The highest BCUT2D eigenvalue weighted by molar-refractivity contribution is 5.81. The topological polar surface area (TPSA) is 95.3 Å². The summed E-state index contributed by atoms with van der Waals surface area (Å²) >= 11 is 0. The molecule has 1 aliphatic heterocycles. The van der Waals surface area contributed by atoms with E-state index < -0.39 is 11.4 Å². The van der Waals surface area contributed by atoms with Crippen molar-refractivity contribution in [2.75, 3.05) is 6.54 Å². The summed E-state index contributed by atoms with van der Waals surface area (Å²) in [6.07, 6.45) is 10.8. The van der Waals surface area contributed by atoms with Crippen LogP contribution in [0.5, 0.6) is 0 Å². The summed E-state index contributed by atoms with van der Waals surface area (Å²) in [5.74, 6) is -0.471. The van der Waals surface area contributed by atoms with E-state index in [-0.39, 0.29) is 5.92 Å². The quantitative estimate of drug-likeness (QED) is 0.331. The molecular formula is C31H42N6O2. The molecule has 8 nitrogen and oxygen atoms in total. The summed E-state index contributed by atoms with van der Waals surface area (Å²) in [4.78, 5) is 12.6. The third kappa shape index (κ3) is 5.39. The van der Waals surface area contributed by atoms with Crippen molar-refractivity contribution in [1.29, 1.82) is 0 Å². The molecule has 5 rings (SSSR count). The van der Waals surface area contributed by atoms with Crippen molar-refractivity contribution in [2.24, 2.45) is 18.4 Å². The zero-order chi connectivity index (χ0) is 27.7. The molecular weight excluding hydrogens is 488 g/mol. The fourth-order valence-corrected chi connectivity index (χ4v) is 6.38. The van der Waals surface area contributed by atoms with Gasteiger partial charge in [-0.05, 0) is 80.3 Å². The van der Waals surface area contributed by atoms with Crippen molar-refractivity contribution in [1.82, 2.24) is 31.0 Å². The largest absolute Gasteiger partial charge is 0.481 e. The molecule has 39 heavy (non-hydrogen) atoms. The van der Waals surface area contributed by atoms with Crippen LogP contribution < -0.4 is 11.0 Å². The van der Waals surface area contributed by atoms with E-state index in [1.807, 2.05) is 33.9 Å². The van der Waals surface area contributed by atoms with Gasteiger partial charge in [0, 0.05) is 32.1 Å². The molecule has 208 valence electrons. The maximum absolute atomic E-state index is 12.6. The highest BCUT2D eigenvalue weighted by Gasteiger charge is 2.40. The summed E-state index contributed by atoms with van der Waals surface area (Å²) in [7, 11) is 1.87. The van der Waals surface area contributed by atoms with Crippen LogP contribution >= 0.6 is 0 Å². The third-order valence-corrected chi connectivity index (χ3v) is 8.94. The SMILES string of the molecule is Cc1ccc([C@H](c2ccc3c(nnn3C)c2C)C(C)(C)C(=O)O)cc1CC1=CNNN1CC1CCCCCC1. The van der Waals surface area contributed by atoms with Gasteiger partial charge in [0.15, 0.2) is 0 Å². The molecule has 3 aromatic rings. The number of hydrazine groups is 2. The number of carboxylic acid groups (broad SMARTS) is 1. The van der Waals surface area contributed by atoms with Gasteiger partial charge in [0.1, 0.15) is 5.52 Å². The first-order valence-corrected chi connectivity index (χ1v) is 14.3. The van der Waals surface area contributed by atoms with Gasteiger partial charge in [0.05, 0.1) is 16.6 Å². The number of rotatable bonds is 8. The Kier molecular flexibility index (Phi) is 7.67. The summed E-state index contributed by atoms with van der Waals surface area (Å²) in [6, 6.07) is 10.5. The van der Waals surface area contributed by atoms with Gasteiger partial charge >= 0.3 is 5.97 Å². The molecule has 0 radical (unpaired) electrons. The van der Waals surface area contributed by atoms with Gasteiger partial charge < -0.3 is 10.5 Å². The van der Waals surface area contributed by atoms with Crippen LogP contribution in [-0.4, -0.2) is 37.6 Å². The van der Waals surface area contributed by atoms with Crippen LogP contribution in [0.1, 0.15) is 86.1 Å². The monoisotopic (exact) mass is 530 g/mol.